The van der Waals surface area contributed by atoms with Crippen LogP contribution in [0.3, 0.4) is 0 Å². The fourth-order valence-corrected chi connectivity index (χ4v) is 2.52. The van der Waals surface area contributed by atoms with Crippen molar-refractivity contribution in [2.24, 2.45) is 0 Å². The highest BCUT2D eigenvalue weighted by molar-refractivity contribution is 9.13. The third-order valence-corrected chi connectivity index (χ3v) is 4.89. The van der Waals surface area contributed by atoms with Crippen LogP contribution in [0.15, 0.2) is 48.4 Å². The summed E-state index contributed by atoms with van der Waals surface area (Å²) in [7, 11) is 0. The van der Waals surface area contributed by atoms with E-state index in [1.165, 1.54) is 5.56 Å². The molecule has 0 radical (unpaired) electrons. The highest BCUT2D eigenvalue weighted by Gasteiger charge is 2.09. The molecule has 18 heavy (non-hydrogen) atoms. The Labute approximate surface area is 132 Å². The fraction of sp³-hybridized carbons (Fsp3) is 0.231. The Morgan fingerprint density at radius 1 is 1.17 bits per heavy atom. The van der Waals surface area contributed by atoms with Crippen LogP contribution >= 0.6 is 47.8 Å². The minimum absolute atomic E-state index is 0.278. The highest BCUT2D eigenvalue weighted by atomic mass is 79.9. The number of benzene rings is 1. The molecule has 1 atom stereocenters. The number of hydrogen-bond acceptors (Lipinski definition) is 2. The Morgan fingerprint density at radius 2 is 1.83 bits per heavy atom. The van der Waals surface area contributed by atoms with Crippen LogP contribution in [-0.4, -0.2) is 0 Å². The minimum Gasteiger partial charge on any atom is -0.452 e. The number of hydrogen-bond donors (Lipinski definition) is 1. The van der Waals surface area contributed by atoms with E-state index in [-0.39, 0.29) is 6.04 Å². The zero-order valence-corrected chi connectivity index (χ0v) is 14.5. The second kappa shape index (κ2) is 6.37. The van der Waals surface area contributed by atoms with E-state index in [0.717, 1.165) is 19.4 Å². The maximum absolute atomic E-state index is 5.52. The molecule has 2 aromatic rings. The molecule has 96 valence electrons. The molecule has 0 aliphatic rings. The van der Waals surface area contributed by atoms with Gasteiger partial charge >= 0.3 is 0 Å². The molecule has 0 saturated carbocycles. The van der Waals surface area contributed by atoms with Crippen molar-refractivity contribution in [1.29, 1.82) is 0 Å². The van der Waals surface area contributed by atoms with Crippen molar-refractivity contribution in [1.82, 2.24) is 5.32 Å². The standard InChI is InChI=1S/C13H12Br3NO/c1-8(9-2-4-10(14)5-3-9)17-7-11-6-12(15)13(16)18-11/h2-6,8,17H,7H2,1H3/t8-/m1/s1. The van der Waals surface area contributed by atoms with Gasteiger partial charge in [-0.2, -0.15) is 0 Å². The monoisotopic (exact) mass is 435 g/mol. The maximum Gasteiger partial charge on any atom is 0.183 e. The van der Waals surface area contributed by atoms with Crippen molar-refractivity contribution in [3.05, 3.63) is 55.3 Å². The molecule has 0 aliphatic heterocycles. The predicted molar refractivity (Wildman–Crippen MR) is 83.5 cm³/mol. The fourth-order valence-electron chi connectivity index (χ4n) is 1.60. The third-order valence-electron chi connectivity index (χ3n) is 2.65. The van der Waals surface area contributed by atoms with E-state index < -0.39 is 0 Å². The molecule has 1 aromatic heterocycles. The van der Waals surface area contributed by atoms with E-state index in [2.05, 4.69) is 72.2 Å². The second-order valence-electron chi connectivity index (χ2n) is 3.99. The lowest BCUT2D eigenvalue weighted by molar-refractivity contribution is 0.446. The molecule has 1 N–H and O–H groups in total. The Balaban J connectivity index is 1.95. The average molecular weight is 438 g/mol. The molecule has 2 nitrogen and oxygen atoms in total. The van der Waals surface area contributed by atoms with Crippen LogP contribution in [0.5, 0.6) is 0 Å². The summed E-state index contributed by atoms with van der Waals surface area (Å²) in [5.74, 6) is 0.901. The van der Waals surface area contributed by atoms with Crippen LogP contribution in [-0.2, 0) is 6.54 Å². The van der Waals surface area contributed by atoms with Crippen LogP contribution in [0.1, 0.15) is 24.3 Å². The third kappa shape index (κ3) is 3.70. The lowest BCUT2D eigenvalue weighted by Crippen LogP contribution is -2.17. The van der Waals surface area contributed by atoms with Gasteiger partial charge in [-0.3, -0.25) is 0 Å². The Kier molecular flexibility index (Phi) is 5.06. The van der Waals surface area contributed by atoms with Crippen molar-refractivity contribution in [3.63, 3.8) is 0 Å². The molecule has 0 fully saturated rings. The van der Waals surface area contributed by atoms with Crippen LogP contribution in [0.4, 0.5) is 0 Å². The van der Waals surface area contributed by atoms with Crippen molar-refractivity contribution >= 4 is 47.8 Å². The number of halogens is 3. The first-order valence-electron chi connectivity index (χ1n) is 5.49. The van der Waals surface area contributed by atoms with Gasteiger partial charge in [0.05, 0.1) is 11.0 Å². The molecule has 2 rings (SSSR count). The Bertz CT molecular complexity index is 502. The summed E-state index contributed by atoms with van der Waals surface area (Å²) in [5.41, 5.74) is 1.25. The molecule has 0 unspecified atom stereocenters. The van der Waals surface area contributed by atoms with Crippen LogP contribution in [0.25, 0.3) is 0 Å². The van der Waals surface area contributed by atoms with Crippen LogP contribution < -0.4 is 5.32 Å². The topological polar surface area (TPSA) is 25.2 Å². The first-order chi connectivity index (χ1) is 8.56. The normalized spacial score (nSPS) is 12.7. The summed E-state index contributed by atoms with van der Waals surface area (Å²) >= 11 is 10.2. The highest BCUT2D eigenvalue weighted by Crippen LogP contribution is 2.27. The molecule has 0 bridgehead atoms. The summed E-state index contributed by atoms with van der Waals surface area (Å²) in [6, 6.07) is 10.6. The second-order valence-corrected chi connectivity index (χ2v) is 6.48. The largest absolute Gasteiger partial charge is 0.452 e. The van der Waals surface area contributed by atoms with Gasteiger partial charge in [-0.15, -0.1) is 0 Å². The molecule has 1 aromatic carbocycles. The number of furan rings is 1. The van der Waals surface area contributed by atoms with Gasteiger partial charge in [0.2, 0.25) is 0 Å². The molecule has 0 amide bonds. The van der Waals surface area contributed by atoms with Gasteiger partial charge in [-0.1, -0.05) is 28.1 Å². The van der Waals surface area contributed by atoms with E-state index in [1.807, 2.05) is 18.2 Å². The lowest BCUT2D eigenvalue weighted by Gasteiger charge is -2.13. The van der Waals surface area contributed by atoms with Crippen molar-refractivity contribution in [3.8, 4) is 0 Å². The summed E-state index contributed by atoms with van der Waals surface area (Å²) in [4.78, 5) is 0. The van der Waals surface area contributed by atoms with Crippen molar-refractivity contribution in [2.45, 2.75) is 19.5 Å². The van der Waals surface area contributed by atoms with Crippen LogP contribution in [0, 0.1) is 0 Å². The quantitative estimate of drug-likeness (QED) is 0.691. The predicted octanol–water partition coefficient (Wildman–Crippen LogP) is 5.42. The van der Waals surface area contributed by atoms with E-state index >= 15 is 0 Å². The zero-order valence-electron chi connectivity index (χ0n) is 9.71. The first kappa shape index (κ1) is 14.3. The molecule has 0 aliphatic carbocycles. The van der Waals surface area contributed by atoms with Crippen LogP contribution in [0.2, 0.25) is 0 Å². The first-order valence-corrected chi connectivity index (χ1v) is 7.86. The summed E-state index contributed by atoms with van der Waals surface area (Å²) in [5, 5.41) is 3.42. The van der Waals surface area contributed by atoms with Gasteiger partial charge in [0.15, 0.2) is 4.67 Å². The minimum atomic E-state index is 0.278. The van der Waals surface area contributed by atoms with Gasteiger partial charge in [-0.05, 0) is 62.5 Å². The molecule has 0 saturated heterocycles. The van der Waals surface area contributed by atoms with Gasteiger partial charge in [0, 0.05) is 10.5 Å². The Hall–Kier alpha value is -0.100. The van der Waals surface area contributed by atoms with E-state index in [4.69, 9.17) is 4.42 Å². The van der Waals surface area contributed by atoms with E-state index in [1.54, 1.807) is 0 Å². The van der Waals surface area contributed by atoms with Gasteiger partial charge in [-0.25, -0.2) is 0 Å². The van der Waals surface area contributed by atoms with Gasteiger partial charge in [0.1, 0.15) is 5.76 Å². The summed E-state index contributed by atoms with van der Waals surface area (Å²) < 4.78 is 8.29. The average Bonchev–Trinajstić information content (AvgIpc) is 2.67. The van der Waals surface area contributed by atoms with Crippen molar-refractivity contribution in [2.75, 3.05) is 0 Å². The molecular weight excluding hydrogens is 426 g/mol. The number of rotatable bonds is 4. The van der Waals surface area contributed by atoms with Gasteiger partial charge in [0.25, 0.3) is 0 Å². The van der Waals surface area contributed by atoms with Crippen molar-refractivity contribution < 1.29 is 4.42 Å². The molecule has 0 spiro atoms. The summed E-state index contributed by atoms with van der Waals surface area (Å²) in [6.07, 6.45) is 0. The smallest absolute Gasteiger partial charge is 0.183 e. The van der Waals surface area contributed by atoms with Gasteiger partial charge < -0.3 is 9.73 Å². The molecule has 5 heteroatoms. The lowest BCUT2D eigenvalue weighted by atomic mass is 10.1. The SMILES string of the molecule is C[C@@H](NCc1cc(Br)c(Br)o1)c1ccc(Br)cc1. The summed E-state index contributed by atoms with van der Waals surface area (Å²) in [6.45, 7) is 2.83. The number of nitrogens with one attached hydrogen (secondary N) is 1. The maximum atomic E-state index is 5.52. The molecular formula is C13H12Br3NO. The van der Waals surface area contributed by atoms with E-state index in [9.17, 15) is 0 Å². The Morgan fingerprint density at radius 3 is 2.39 bits per heavy atom. The molecule has 1 heterocycles. The van der Waals surface area contributed by atoms with E-state index in [0.29, 0.717) is 6.54 Å². The zero-order chi connectivity index (χ0) is 13.1.